The lowest BCUT2D eigenvalue weighted by Crippen LogP contribution is -2.21. The Hall–Kier alpha value is -3.16. The van der Waals surface area contributed by atoms with E-state index in [1.165, 1.54) is 11.3 Å². The summed E-state index contributed by atoms with van der Waals surface area (Å²) in [6.07, 6.45) is 3.32. The highest BCUT2D eigenvalue weighted by Crippen LogP contribution is 2.28. The van der Waals surface area contributed by atoms with E-state index in [0.717, 1.165) is 10.2 Å². The van der Waals surface area contributed by atoms with Gasteiger partial charge < -0.3 is 15.4 Å². The third-order valence-corrected chi connectivity index (χ3v) is 4.99. The minimum atomic E-state index is -0.168. The van der Waals surface area contributed by atoms with Crippen LogP contribution in [0.5, 0.6) is 11.5 Å². The van der Waals surface area contributed by atoms with Crippen LogP contribution in [0.1, 0.15) is 0 Å². The quantitative estimate of drug-likeness (QED) is 0.457. The van der Waals surface area contributed by atoms with Crippen molar-refractivity contribution in [1.29, 1.82) is 0 Å². The number of carbonyl (C=O) groups excluding carboxylic acids is 1. The molecule has 0 aliphatic carbocycles. The van der Waals surface area contributed by atoms with Gasteiger partial charge in [-0.2, -0.15) is 0 Å². The smallest absolute Gasteiger partial charge is 0.243 e. The van der Waals surface area contributed by atoms with Crippen molar-refractivity contribution in [3.8, 4) is 11.5 Å². The number of amides is 1. The van der Waals surface area contributed by atoms with Crippen LogP contribution >= 0.6 is 22.9 Å². The summed E-state index contributed by atoms with van der Waals surface area (Å²) in [4.78, 5) is 20.6. The first kappa shape index (κ1) is 18.2. The summed E-state index contributed by atoms with van der Waals surface area (Å²) in [6, 6.07) is 16.3. The van der Waals surface area contributed by atoms with E-state index < -0.39 is 0 Å². The fourth-order valence-corrected chi connectivity index (χ4v) is 3.50. The number of fused-ring (bicyclic) bond motifs is 1. The molecule has 0 aliphatic heterocycles. The predicted octanol–water partition coefficient (Wildman–Crippen LogP) is 5.19. The first-order valence-corrected chi connectivity index (χ1v) is 9.63. The number of halogens is 1. The van der Waals surface area contributed by atoms with E-state index in [1.807, 2.05) is 18.2 Å². The molecule has 0 radical (unpaired) electrons. The van der Waals surface area contributed by atoms with Gasteiger partial charge in [0.05, 0.1) is 23.0 Å². The molecule has 2 heterocycles. The van der Waals surface area contributed by atoms with Crippen molar-refractivity contribution in [2.24, 2.45) is 0 Å². The molecule has 0 unspecified atom stereocenters. The van der Waals surface area contributed by atoms with Crippen molar-refractivity contribution >= 4 is 49.9 Å². The number of nitrogens with one attached hydrogen (secondary N) is 2. The maximum Gasteiger partial charge on any atom is 0.243 e. The molecule has 2 aromatic heterocycles. The zero-order valence-corrected chi connectivity index (χ0v) is 16.1. The van der Waals surface area contributed by atoms with Crippen molar-refractivity contribution in [1.82, 2.24) is 9.97 Å². The van der Waals surface area contributed by atoms with Crippen LogP contribution in [0, 0.1) is 0 Å². The Bertz CT molecular complexity index is 1100. The van der Waals surface area contributed by atoms with Crippen LogP contribution in [0.4, 0.5) is 10.8 Å². The molecule has 0 fully saturated rings. The Kier molecular flexibility index (Phi) is 5.36. The van der Waals surface area contributed by atoms with Gasteiger partial charge in [-0.05, 0) is 54.6 Å². The molecule has 2 N–H and O–H groups in total. The number of carbonyl (C=O) groups is 1. The number of rotatable bonds is 6. The molecule has 0 atom stereocenters. The molecule has 0 saturated heterocycles. The van der Waals surface area contributed by atoms with E-state index >= 15 is 0 Å². The van der Waals surface area contributed by atoms with Gasteiger partial charge in [-0.25, -0.2) is 4.98 Å². The summed E-state index contributed by atoms with van der Waals surface area (Å²) in [6.45, 7) is 0.113. The van der Waals surface area contributed by atoms with E-state index in [-0.39, 0.29) is 12.5 Å². The second kappa shape index (κ2) is 8.24. The predicted molar refractivity (Wildman–Crippen MR) is 113 cm³/mol. The molecular weight excluding hydrogens is 396 g/mol. The third-order valence-electron chi connectivity index (χ3n) is 3.76. The number of benzene rings is 2. The van der Waals surface area contributed by atoms with Crippen molar-refractivity contribution in [3.63, 3.8) is 0 Å². The molecule has 0 spiro atoms. The van der Waals surface area contributed by atoms with Gasteiger partial charge in [0, 0.05) is 16.9 Å². The van der Waals surface area contributed by atoms with Crippen LogP contribution in [0.25, 0.3) is 10.2 Å². The molecule has 0 saturated carbocycles. The zero-order valence-electron chi connectivity index (χ0n) is 14.6. The maximum atomic E-state index is 12.2. The summed E-state index contributed by atoms with van der Waals surface area (Å²) in [5, 5.41) is 7.18. The van der Waals surface area contributed by atoms with Crippen LogP contribution in [0.15, 0.2) is 67.0 Å². The third kappa shape index (κ3) is 4.57. The van der Waals surface area contributed by atoms with Gasteiger partial charge in [-0.1, -0.05) is 22.9 Å². The summed E-state index contributed by atoms with van der Waals surface area (Å²) in [5.41, 5.74) is 1.49. The number of ether oxygens (including phenoxy) is 1. The molecular formula is C20H15ClN4O2S. The molecule has 0 aliphatic rings. The molecule has 8 heteroatoms. The number of hydrogen-bond donors (Lipinski definition) is 2. The molecule has 140 valence electrons. The van der Waals surface area contributed by atoms with Gasteiger partial charge >= 0.3 is 0 Å². The maximum absolute atomic E-state index is 12.2. The molecule has 0 bridgehead atoms. The fraction of sp³-hybridized carbons (Fsp3) is 0.0500. The molecule has 4 aromatic rings. The Balaban J connectivity index is 1.31. The summed E-state index contributed by atoms with van der Waals surface area (Å²) in [5.74, 6) is 1.15. The lowest BCUT2D eigenvalue weighted by Gasteiger charge is -2.08. The molecule has 28 heavy (non-hydrogen) atoms. The van der Waals surface area contributed by atoms with Crippen LogP contribution in [-0.2, 0) is 4.79 Å². The Labute approximate surface area is 170 Å². The summed E-state index contributed by atoms with van der Waals surface area (Å²) < 4.78 is 6.69. The van der Waals surface area contributed by atoms with E-state index in [0.29, 0.717) is 27.3 Å². The van der Waals surface area contributed by atoms with E-state index in [4.69, 9.17) is 16.3 Å². The van der Waals surface area contributed by atoms with Gasteiger partial charge in [0.25, 0.3) is 0 Å². The summed E-state index contributed by atoms with van der Waals surface area (Å²) in [7, 11) is 0. The molecule has 1 amide bonds. The van der Waals surface area contributed by atoms with Crippen molar-refractivity contribution in [2.75, 3.05) is 17.2 Å². The highest BCUT2D eigenvalue weighted by atomic mass is 35.5. The van der Waals surface area contributed by atoms with Crippen molar-refractivity contribution < 1.29 is 9.53 Å². The standard InChI is InChI=1S/C20H15ClN4O2S/c21-13-3-8-18-17(10-13)25-20(28-18)23-12-19(26)24-14-4-6-15(7-5-14)27-16-2-1-9-22-11-16/h1-11H,12H2,(H,23,25)(H,24,26). The number of nitrogens with zero attached hydrogens (tertiary/aromatic N) is 2. The average Bonchev–Trinajstić information content (AvgIpc) is 3.11. The minimum Gasteiger partial charge on any atom is -0.456 e. The lowest BCUT2D eigenvalue weighted by atomic mass is 10.3. The van der Waals surface area contributed by atoms with Crippen LogP contribution < -0.4 is 15.4 Å². The van der Waals surface area contributed by atoms with Crippen molar-refractivity contribution in [3.05, 3.63) is 72.0 Å². The van der Waals surface area contributed by atoms with Gasteiger partial charge in [-0.3, -0.25) is 9.78 Å². The highest BCUT2D eigenvalue weighted by molar-refractivity contribution is 7.22. The average molecular weight is 411 g/mol. The number of pyridine rings is 1. The van der Waals surface area contributed by atoms with E-state index in [2.05, 4.69) is 20.6 Å². The second-order valence-corrected chi connectivity index (χ2v) is 7.32. The number of thiazole rings is 1. The van der Waals surface area contributed by atoms with Crippen molar-refractivity contribution in [2.45, 2.75) is 0 Å². The van der Waals surface area contributed by atoms with Crippen LogP contribution in [0.3, 0.4) is 0 Å². The number of anilines is 2. The van der Waals surface area contributed by atoms with E-state index in [1.54, 1.807) is 48.8 Å². The normalized spacial score (nSPS) is 10.6. The van der Waals surface area contributed by atoms with E-state index in [9.17, 15) is 4.79 Å². The number of aromatic nitrogens is 2. The van der Waals surface area contributed by atoms with Gasteiger partial charge in [0.1, 0.15) is 11.5 Å². The monoisotopic (exact) mass is 410 g/mol. The highest BCUT2D eigenvalue weighted by Gasteiger charge is 2.07. The zero-order chi connectivity index (χ0) is 19.3. The van der Waals surface area contributed by atoms with Gasteiger partial charge in [0.15, 0.2) is 5.13 Å². The molecule has 2 aromatic carbocycles. The number of hydrogen-bond acceptors (Lipinski definition) is 6. The Morgan fingerprint density at radius 3 is 2.75 bits per heavy atom. The van der Waals surface area contributed by atoms with Gasteiger partial charge in [0.2, 0.25) is 5.91 Å². The molecule has 6 nitrogen and oxygen atoms in total. The lowest BCUT2D eigenvalue weighted by molar-refractivity contribution is -0.114. The topological polar surface area (TPSA) is 76.1 Å². The largest absolute Gasteiger partial charge is 0.456 e. The van der Waals surface area contributed by atoms with Gasteiger partial charge in [-0.15, -0.1) is 0 Å². The fourth-order valence-electron chi connectivity index (χ4n) is 2.49. The van der Waals surface area contributed by atoms with Crippen LogP contribution in [0.2, 0.25) is 5.02 Å². The summed E-state index contributed by atoms with van der Waals surface area (Å²) >= 11 is 7.44. The SMILES string of the molecule is O=C(CNc1nc2cc(Cl)ccc2s1)Nc1ccc(Oc2cccnc2)cc1. The van der Waals surface area contributed by atoms with Crippen LogP contribution in [-0.4, -0.2) is 22.4 Å². The first-order valence-electron chi connectivity index (χ1n) is 8.43. The molecule has 4 rings (SSSR count). The second-order valence-electron chi connectivity index (χ2n) is 5.85. The Morgan fingerprint density at radius 1 is 1.11 bits per heavy atom. The minimum absolute atomic E-state index is 0.113. The first-order chi connectivity index (χ1) is 13.7. The Morgan fingerprint density at radius 2 is 1.96 bits per heavy atom.